The van der Waals surface area contributed by atoms with E-state index in [1.807, 2.05) is 7.05 Å². The lowest BCUT2D eigenvalue weighted by molar-refractivity contribution is -0.385. The lowest BCUT2D eigenvalue weighted by atomic mass is 10.1. The Hall–Kier alpha value is -1.51. The average Bonchev–Trinajstić information content (AvgIpc) is 2.47. The molecule has 1 aromatic rings. The first-order valence-corrected chi connectivity index (χ1v) is 8.42. The summed E-state index contributed by atoms with van der Waals surface area (Å²) >= 11 is 0. The predicted molar refractivity (Wildman–Crippen MR) is 79.4 cm³/mol. The van der Waals surface area contributed by atoms with Gasteiger partial charge in [0.2, 0.25) is 10.0 Å². The normalized spacial score (nSPS) is 20.3. The maximum Gasteiger partial charge on any atom is 0.273 e. The van der Waals surface area contributed by atoms with Gasteiger partial charge in [-0.15, -0.1) is 0 Å². The average molecular weight is 313 g/mol. The molecule has 0 radical (unpaired) electrons. The Morgan fingerprint density at radius 1 is 1.43 bits per heavy atom. The van der Waals surface area contributed by atoms with Crippen LogP contribution in [0.2, 0.25) is 0 Å². The van der Waals surface area contributed by atoms with E-state index in [9.17, 15) is 18.5 Å². The van der Waals surface area contributed by atoms with Crippen LogP contribution in [0.25, 0.3) is 0 Å². The zero-order valence-electron chi connectivity index (χ0n) is 11.9. The minimum absolute atomic E-state index is 0.138. The van der Waals surface area contributed by atoms with Gasteiger partial charge in [0, 0.05) is 30.8 Å². The number of likely N-dealkylation sites (N-methyl/N-ethyl adjacent to an activating group) is 1. The highest BCUT2D eigenvalue weighted by Crippen LogP contribution is 2.23. The van der Waals surface area contributed by atoms with Gasteiger partial charge in [-0.1, -0.05) is 18.2 Å². The Morgan fingerprint density at radius 3 is 2.81 bits per heavy atom. The van der Waals surface area contributed by atoms with Gasteiger partial charge in [0.05, 0.1) is 10.7 Å². The maximum absolute atomic E-state index is 12.5. The number of para-hydroxylation sites is 1. The van der Waals surface area contributed by atoms with Crippen LogP contribution in [0.3, 0.4) is 0 Å². The van der Waals surface area contributed by atoms with Gasteiger partial charge < -0.3 is 5.32 Å². The van der Waals surface area contributed by atoms with Gasteiger partial charge >= 0.3 is 0 Å². The minimum atomic E-state index is -3.55. The van der Waals surface area contributed by atoms with Crippen molar-refractivity contribution in [3.05, 3.63) is 39.9 Å². The van der Waals surface area contributed by atoms with Crippen LogP contribution >= 0.6 is 0 Å². The molecule has 1 aromatic carbocycles. The molecule has 1 atom stereocenters. The van der Waals surface area contributed by atoms with E-state index in [0.29, 0.717) is 13.1 Å². The van der Waals surface area contributed by atoms with Crippen LogP contribution in [0.15, 0.2) is 24.3 Å². The highest BCUT2D eigenvalue weighted by Gasteiger charge is 2.30. The van der Waals surface area contributed by atoms with Gasteiger partial charge in [0.15, 0.2) is 0 Å². The Morgan fingerprint density at radius 2 is 2.14 bits per heavy atom. The summed E-state index contributed by atoms with van der Waals surface area (Å²) < 4.78 is 26.4. The molecule has 116 valence electrons. The summed E-state index contributed by atoms with van der Waals surface area (Å²) in [6.07, 6.45) is 1.73. The largest absolute Gasteiger partial charge is 0.316 e. The Labute approximate surface area is 124 Å². The van der Waals surface area contributed by atoms with Gasteiger partial charge in [-0.25, -0.2) is 12.7 Å². The number of nitrogens with zero attached hydrogens (tertiary/aromatic N) is 2. The van der Waals surface area contributed by atoms with E-state index in [1.165, 1.54) is 22.5 Å². The van der Waals surface area contributed by atoms with Crippen LogP contribution in [0.1, 0.15) is 18.4 Å². The van der Waals surface area contributed by atoms with Crippen LogP contribution in [-0.4, -0.2) is 43.8 Å². The SMILES string of the molecule is CNC1CCCN(S(=O)(=O)Cc2ccccc2[N+](=O)[O-])C1. The molecule has 7 nitrogen and oxygen atoms in total. The molecule has 1 saturated heterocycles. The van der Waals surface area contributed by atoms with E-state index in [0.717, 1.165) is 12.8 Å². The van der Waals surface area contributed by atoms with E-state index in [4.69, 9.17) is 0 Å². The molecule has 2 rings (SSSR count). The van der Waals surface area contributed by atoms with Gasteiger partial charge in [0.25, 0.3) is 5.69 Å². The summed E-state index contributed by atoms with van der Waals surface area (Å²) in [6.45, 7) is 0.889. The second kappa shape index (κ2) is 6.50. The lowest BCUT2D eigenvalue weighted by Gasteiger charge is -2.31. The number of nitrogens with one attached hydrogen (secondary N) is 1. The quantitative estimate of drug-likeness (QED) is 0.649. The molecular formula is C13H19N3O4S. The van der Waals surface area contributed by atoms with Crippen molar-refractivity contribution >= 4 is 15.7 Å². The van der Waals surface area contributed by atoms with Crippen LogP contribution in [0, 0.1) is 10.1 Å². The molecule has 1 unspecified atom stereocenters. The third-order valence-electron chi connectivity index (χ3n) is 3.71. The van der Waals surface area contributed by atoms with Crippen molar-refractivity contribution in [1.29, 1.82) is 0 Å². The Balaban J connectivity index is 2.20. The minimum Gasteiger partial charge on any atom is -0.316 e. The molecule has 0 spiro atoms. The summed E-state index contributed by atoms with van der Waals surface area (Å²) in [5.74, 6) is -0.333. The van der Waals surface area contributed by atoms with Crippen LogP contribution in [0.5, 0.6) is 0 Å². The molecule has 0 amide bonds. The molecule has 1 aliphatic rings. The lowest BCUT2D eigenvalue weighted by Crippen LogP contribution is -2.47. The number of hydrogen-bond donors (Lipinski definition) is 1. The highest BCUT2D eigenvalue weighted by atomic mass is 32.2. The number of nitro benzene ring substituents is 1. The second-order valence-electron chi connectivity index (χ2n) is 5.13. The van der Waals surface area contributed by atoms with Crippen molar-refractivity contribution < 1.29 is 13.3 Å². The standard InChI is InChI=1S/C13H19N3O4S/c1-14-12-6-4-8-15(9-12)21(19,20)10-11-5-2-3-7-13(11)16(17)18/h2-3,5,7,12,14H,4,6,8-10H2,1H3. The number of benzene rings is 1. The molecule has 0 aromatic heterocycles. The Bertz CT molecular complexity index is 618. The molecule has 0 bridgehead atoms. The summed E-state index contributed by atoms with van der Waals surface area (Å²) in [7, 11) is -1.74. The highest BCUT2D eigenvalue weighted by molar-refractivity contribution is 7.88. The molecule has 21 heavy (non-hydrogen) atoms. The zero-order chi connectivity index (χ0) is 15.5. The van der Waals surface area contributed by atoms with E-state index in [1.54, 1.807) is 6.07 Å². The molecule has 8 heteroatoms. The molecule has 1 aliphatic heterocycles. The third kappa shape index (κ3) is 3.78. The van der Waals surface area contributed by atoms with E-state index < -0.39 is 14.9 Å². The molecule has 1 heterocycles. The van der Waals surface area contributed by atoms with E-state index in [2.05, 4.69) is 5.32 Å². The van der Waals surface area contributed by atoms with Crippen molar-refractivity contribution in [2.45, 2.75) is 24.6 Å². The van der Waals surface area contributed by atoms with Gasteiger partial charge in [-0.3, -0.25) is 10.1 Å². The Kier molecular flexibility index (Phi) is 4.92. The maximum atomic E-state index is 12.5. The monoisotopic (exact) mass is 313 g/mol. The first kappa shape index (κ1) is 15.9. The van der Waals surface area contributed by atoms with Gasteiger partial charge in [0.1, 0.15) is 0 Å². The smallest absolute Gasteiger partial charge is 0.273 e. The summed E-state index contributed by atoms with van der Waals surface area (Å²) in [5, 5.41) is 14.1. The van der Waals surface area contributed by atoms with Gasteiger partial charge in [-0.2, -0.15) is 0 Å². The van der Waals surface area contributed by atoms with Crippen molar-refractivity contribution in [3.63, 3.8) is 0 Å². The number of rotatable bonds is 5. The van der Waals surface area contributed by atoms with E-state index in [-0.39, 0.29) is 23.0 Å². The van der Waals surface area contributed by atoms with Crippen molar-refractivity contribution in [3.8, 4) is 0 Å². The fraction of sp³-hybridized carbons (Fsp3) is 0.538. The van der Waals surface area contributed by atoms with E-state index >= 15 is 0 Å². The fourth-order valence-corrected chi connectivity index (χ4v) is 4.16. The van der Waals surface area contributed by atoms with Crippen molar-refractivity contribution in [1.82, 2.24) is 9.62 Å². The number of sulfonamides is 1. The summed E-state index contributed by atoms with van der Waals surface area (Å²) in [5.41, 5.74) is 0.0809. The predicted octanol–water partition coefficient (Wildman–Crippen LogP) is 1.11. The number of nitro groups is 1. The molecule has 1 fully saturated rings. The molecule has 0 saturated carbocycles. The summed E-state index contributed by atoms with van der Waals surface area (Å²) in [6, 6.07) is 6.11. The molecule has 1 N–H and O–H groups in total. The van der Waals surface area contributed by atoms with Crippen LogP contribution in [0.4, 0.5) is 5.69 Å². The van der Waals surface area contributed by atoms with Crippen molar-refractivity contribution in [2.75, 3.05) is 20.1 Å². The first-order valence-electron chi connectivity index (χ1n) is 6.81. The number of piperidine rings is 1. The number of hydrogen-bond acceptors (Lipinski definition) is 5. The topological polar surface area (TPSA) is 92.6 Å². The summed E-state index contributed by atoms with van der Waals surface area (Å²) in [4.78, 5) is 10.4. The van der Waals surface area contributed by atoms with Crippen LogP contribution < -0.4 is 5.32 Å². The second-order valence-corrected chi connectivity index (χ2v) is 7.10. The van der Waals surface area contributed by atoms with Crippen LogP contribution in [-0.2, 0) is 15.8 Å². The zero-order valence-corrected chi connectivity index (χ0v) is 12.7. The van der Waals surface area contributed by atoms with Crippen molar-refractivity contribution in [2.24, 2.45) is 0 Å². The molecule has 0 aliphatic carbocycles. The molecular weight excluding hydrogens is 294 g/mol. The third-order valence-corrected chi connectivity index (χ3v) is 5.51. The van der Waals surface area contributed by atoms with Gasteiger partial charge in [-0.05, 0) is 19.9 Å². The fourth-order valence-electron chi connectivity index (χ4n) is 2.53. The first-order chi connectivity index (χ1) is 9.94.